The van der Waals surface area contributed by atoms with E-state index in [1.807, 2.05) is 48.5 Å². The zero-order valence-corrected chi connectivity index (χ0v) is 23.2. The number of anilines is 1. The molecule has 4 N–H and O–H groups in total. The summed E-state index contributed by atoms with van der Waals surface area (Å²) < 4.78 is 12.8. The minimum absolute atomic E-state index is 0.00813. The average Bonchev–Trinajstić information content (AvgIpc) is 2.92. The first-order valence-corrected chi connectivity index (χ1v) is 15.5. The molecule has 2 aromatic rings. The number of hydrogen-bond donors (Lipinski definition) is 4. The first kappa shape index (κ1) is 27.1. The molecule has 8 heteroatoms. The van der Waals surface area contributed by atoms with Crippen LogP contribution in [0.15, 0.2) is 48.5 Å². The van der Waals surface area contributed by atoms with Gasteiger partial charge in [0.2, 0.25) is 0 Å². The number of ether oxygens (including phenoxy) is 2. The number of amides is 2. The maximum atomic E-state index is 13.1. The monoisotopic (exact) mass is 552 g/mol. The van der Waals surface area contributed by atoms with Crippen molar-refractivity contribution in [3.05, 3.63) is 65.2 Å². The lowest BCUT2D eigenvalue weighted by atomic mass is 9.53. The summed E-state index contributed by atoms with van der Waals surface area (Å²) in [5.74, 6) is 3.75. The normalized spacial score (nSPS) is 33.2. The SMILES string of the molecule is O=C(Nc1cccc(C2OC(CSCCO)CC(c3ccc(CO)cc3)O2)c1)NC12CC3CC(CC(C3)C1)C2. The van der Waals surface area contributed by atoms with E-state index in [0.717, 1.165) is 65.1 Å². The molecule has 1 saturated heterocycles. The van der Waals surface area contributed by atoms with Crippen molar-refractivity contribution in [3.63, 3.8) is 0 Å². The molecule has 7 nitrogen and oxygen atoms in total. The van der Waals surface area contributed by atoms with Crippen LogP contribution in [0.3, 0.4) is 0 Å². The van der Waals surface area contributed by atoms with Crippen molar-refractivity contribution < 1.29 is 24.5 Å². The molecule has 4 aliphatic carbocycles. The molecule has 0 spiro atoms. The van der Waals surface area contributed by atoms with Gasteiger partial charge in [-0.3, -0.25) is 0 Å². The maximum absolute atomic E-state index is 13.1. The lowest BCUT2D eigenvalue weighted by molar-refractivity contribution is -0.245. The Bertz CT molecular complexity index is 1110. The minimum atomic E-state index is -0.575. The molecule has 5 fully saturated rings. The van der Waals surface area contributed by atoms with Crippen molar-refractivity contribution in [3.8, 4) is 0 Å². The number of urea groups is 1. The van der Waals surface area contributed by atoms with Gasteiger partial charge in [-0.05, 0) is 79.5 Å². The van der Waals surface area contributed by atoms with Crippen LogP contribution in [0.1, 0.15) is 74.0 Å². The van der Waals surface area contributed by atoms with E-state index in [9.17, 15) is 15.0 Å². The molecule has 5 aliphatic rings. The predicted octanol–water partition coefficient (Wildman–Crippen LogP) is 5.54. The third-order valence-corrected chi connectivity index (χ3v) is 10.1. The number of carbonyl (C=O) groups excluding carboxylic acids is 1. The molecule has 4 saturated carbocycles. The van der Waals surface area contributed by atoms with Crippen LogP contribution in [0.2, 0.25) is 0 Å². The maximum Gasteiger partial charge on any atom is 0.319 e. The van der Waals surface area contributed by atoms with Gasteiger partial charge in [0.05, 0.1) is 25.4 Å². The number of rotatable bonds is 9. The molecule has 3 unspecified atom stereocenters. The van der Waals surface area contributed by atoms with Crippen molar-refractivity contribution in [2.75, 3.05) is 23.4 Å². The van der Waals surface area contributed by atoms with E-state index < -0.39 is 6.29 Å². The first-order chi connectivity index (χ1) is 19.0. The van der Waals surface area contributed by atoms with Gasteiger partial charge in [0.25, 0.3) is 0 Å². The van der Waals surface area contributed by atoms with Crippen LogP contribution in [0.5, 0.6) is 0 Å². The number of benzene rings is 2. The third kappa shape index (κ3) is 6.30. The van der Waals surface area contributed by atoms with E-state index in [0.29, 0.717) is 12.2 Å². The molecule has 39 heavy (non-hydrogen) atoms. The second-order valence-electron chi connectivity index (χ2n) is 12.1. The van der Waals surface area contributed by atoms with Gasteiger partial charge in [0.15, 0.2) is 6.29 Å². The topological polar surface area (TPSA) is 100 Å². The number of aliphatic hydroxyl groups excluding tert-OH is 2. The van der Waals surface area contributed by atoms with Crippen molar-refractivity contribution in [2.45, 2.75) is 75.6 Å². The van der Waals surface area contributed by atoms with Gasteiger partial charge in [-0.1, -0.05) is 36.4 Å². The van der Waals surface area contributed by atoms with E-state index in [-0.39, 0.29) is 37.0 Å². The van der Waals surface area contributed by atoms with Crippen LogP contribution in [-0.4, -0.2) is 46.0 Å². The van der Waals surface area contributed by atoms with Crippen molar-refractivity contribution in [2.24, 2.45) is 17.8 Å². The Morgan fingerprint density at radius 2 is 1.64 bits per heavy atom. The summed E-state index contributed by atoms with van der Waals surface area (Å²) in [6.45, 7) is 0.149. The van der Waals surface area contributed by atoms with Gasteiger partial charge in [0, 0.05) is 34.7 Å². The second kappa shape index (κ2) is 11.8. The van der Waals surface area contributed by atoms with Gasteiger partial charge in [-0.15, -0.1) is 0 Å². The number of aliphatic hydroxyl groups is 2. The highest BCUT2D eigenvalue weighted by molar-refractivity contribution is 7.99. The van der Waals surface area contributed by atoms with Crippen LogP contribution in [-0.2, 0) is 16.1 Å². The molecule has 4 bridgehead atoms. The molecular weight excluding hydrogens is 512 g/mol. The van der Waals surface area contributed by atoms with Crippen LogP contribution in [0.25, 0.3) is 0 Å². The standard InChI is InChI=1S/C31H40N2O5S/c34-8-9-39-19-27-14-28(24-6-4-20(18-35)5-7-24)38-29(37-27)25-2-1-3-26(13-25)32-30(36)33-31-15-21-10-22(16-31)12-23(11-21)17-31/h1-7,13,21-23,27-29,34-35H,8-12,14-19H2,(H2,32,33,36). The number of thioether (sulfide) groups is 1. The molecule has 210 valence electrons. The summed E-state index contributed by atoms with van der Waals surface area (Å²) in [5.41, 5.74) is 3.45. The molecule has 2 aromatic carbocycles. The van der Waals surface area contributed by atoms with Crippen LogP contribution >= 0.6 is 11.8 Å². The summed E-state index contributed by atoms with van der Waals surface area (Å²) >= 11 is 1.67. The number of carbonyl (C=O) groups is 1. The molecule has 0 radical (unpaired) electrons. The Balaban J connectivity index is 1.14. The van der Waals surface area contributed by atoms with E-state index in [4.69, 9.17) is 9.47 Å². The Hall–Kier alpha value is -2.10. The van der Waals surface area contributed by atoms with Gasteiger partial charge in [-0.25, -0.2) is 4.79 Å². The highest BCUT2D eigenvalue weighted by Gasteiger charge is 2.51. The lowest BCUT2D eigenvalue weighted by Gasteiger charge is -2.56. The first-order valence-electron chi connectivity index (χ1n) is 14.4. The molecule has 0 aromatic heterocycles. The fourth-order valence-corrected chi connectivity index (χ4v) is 8.51. The Morgan fingerprint density at radius 1 is 0.923 bits per heavy atom. The largest absolute Gasteiger partial charge is 0.396 e. The zero-order chi connectivity index (χ0) is 26.8. The van der Waals surface area contributed by atoms with Crippen LogP contribution in [0, 0.1) is 17.8 Å². The van der Waals surface area contributed by atoms with E-state index in [1.54, 1.807) is 11.8 Å². The van der Waals surface area contributed by atoms with E-state index in [1.165, 1.54) is 19.3 Å². The van der Waals surface area contributed by atoms with Gasteiger partial charge >= 0.3 is 6.03 Å². The van der Waals surface area contributed by atoms with Gasteiger partial charge in [0.1, 0.15) is 0 Å². The molecule has 3 atom stereocenters. The zero-order valence-electron chi connectivity index (χ0n) is 22.4. The Labute approximate surface area is 235 Å². The molecule has 2 amide bonds. The fourth-order valence-electron chi connectivity index (χ4n) is 7.73. The second-order valence-corrected chi connectivity index (χ2v) is 13.2. The summed E-state index contributed by atoms with van der Waals surface area (Å²) in [6.07, 6.45) is 7.32. The average molecular weight is 553 g/mol. The lowest BCUT2D eigenvalue weighted by Crippen LogP contribution is -2.60. The van der Waals surface area contributed by atoms with Crippen molar-refractivity contribution in [1.82, 2.24) is 5.32 Å². The van der Waals surface area contributed by atoms with Gasteiger partial charge in [-0.2, -0.15) is 11.8 Å². The summed E-state index contributed by atoms with van der Waals surface area (Å²) in [5, 5.41) is 25.1. The predicted molar refractivity (Wildman–Crippen MR) is 152 cm³/mol. The number of nitrogens with one attached hydrogen (secondary N) is 2. The van der Waals surface area contributed by atoms with Crippen LogP contribution in [0.4, 0.5) is 10.5 Å². The highest BCUT2D eigenvalue weighted by Crippen LogP contribution is 2.55. The quantitative estimate of drug-likeness (QED) is 0.305. The Kier molecular flexibility index (Phi) is 8.19. The number of hydrogen-bond acceptors (Lipinski definition) is 6. The molecule has 7 rings (SSSR count). The minimum Gasteiger partial charge on any atom is -0.396 e. The van der Waals surface area contributed by atoms with Crippen molar-refractivity contribution >= 4 is 23.5 Å². The summed E-state index contributed by atoms with van der Waals surface area (Å²) in [6, 6.07) is 15.5. The highest BCUT2D eigenvalue weighted by atomic mass is 32.2. The molecule has 1 aliphatic heterocycles. The van der Waals surface area contributed by atoms with E-state index in [2.05, 4.69) is 10.6 Å². The molecule has 1 heterocycles. The smallest absolute Gasteiger partial charge is 0.319 e. The summed E-state index contributed by atoms with van der Waals surface area (Å²) in [4.78, 5) is 13.1. The van der Waals surface area contributed by atoms with Gasteiger partial charge < -0.3 is 30.3 Å². The third-order valence-electron chi connectivity index (χ3n) is 8.99. The van der Waals surface area contributed by atoms with Crippen molar-refractivity contribution in [1.29, 1.82) is 0 Å². The fraction of sp³-hybridized carbons (Fsp3) is 0.581. The Morgan fingerprint density at radius 3 is 2.31 bits per heavy atom. The molecular formula is C31H40N2O5S. The van der Waals surface area contributed by atoms with Crippen LogP contribution < -0.4 is 10.6 Å². The summed E-state index contributed by atoms with van der Waals surface area (Å²) in [7, 11) is 0. The van der Waals surface area contributed by atoms with E-state index >= 15 is 0 Å².